The Morgan fingerprint density at radius 2 is 1.82 bits per heavy atom. The van der Waals surface area contributed by atoms with E-state index in [2.05, 4.69) is 46.4 Å². The molecular formula is C31H52O3. The van der Waals surface area contributed by atoms with Crippen LogP contribution in [0.1, 0.15) is 118 Å². The summed E-state index contributed by atoms with van der Waals surface area (Å²) < 4.78 is 0. The Morgan fingerprint density at radius 1 is 1.12 bits per heavy atom. The summed E-state index contributed by atoms with van der Waals surface area (Å²) >= 11 is 0. The first-order valence-electron chi connectivity index (χ1n) is 14.3. The first kappa shape index (κ1) is 27.7. The second-order valence-electron chi connectivity index (χ2n) is 12.3. The standard InChI is InChI=1S/C31H52O3/c1-6-16-31(34,17-7-2)19-8-10-22(3)27-14-15-28-24(11-9-18-30(27,28)5)12-13-25-20-26(32)21-29(33)23(25)4/h12-13,22,26-29,32-34H,4,6-11,14-21H2,1-3,5H3/b24-12+,25-13-/t22-,26+,27-,28+,29-,30-/m1/s1. The van der Waals surface area contributed by atoms with Crippen molar-refractivity contribution in [1.82, 2.24) is 0 Å². The molecule has 3 aliphatic carbocycles. The number of allylic oxidation sites excluding steroid dienone is 3. The Labute approximate surface area is 209 Å². The van der Waals surface area contributed by atoms with E-state index < -0.39 is 17.8 Å². The van der Waals surface area contributed by atoms with Crippen molar-refractivity contribution in [3.8, 4) is 0 Å². The molecule has 194 valence electrons. The molecular weight excluding hydrogens is 420 g/mol. The molecule has 3 rings (SSSR count). The topological polar surface area (TPSA) is 60.7 Å². The van der Waals surface area contributed by atoms with E-state index in [1.165, 1.54) is 38.5 Å². The summed E-state index contributed by atoms with van der Waals surface area (Å²) in [6, 6.07) is 0. The summed E-state index contributed by atoms with van der Waals surface area (Å²) in [5.74, 6) is 2.10. The Bertz CT molecular complexity index is 744. The summed E-state index contributed by atoms with van der Waals surface area (Å²) in [6.45, 7) is 13.5. The van der Waals surface area contributed by atoms with Gasteiger partial charge in [0.1, 0.15) is 0 Å². The van der Waals surface area contributed by atoms with Crippen molar-refractivity contribution in [3.05, 3.63) is 35.5 Å². The van der Waals surface area contributed by atoms with Crippen LogP contribution in [0.4, 0.5) is 0 Å². The van der Waals surface area contributed by atoms with Crippen LogP contribution in [0.15, 0.2) is 35.5 Å². The summed E-state index contributed by atoms with van der Waals surface area (Å²) in [5.41, 5.74) is 3.28. The third kappa shape index (κ3) is 6.26. The minimum absolute atomic E-state index is 0.369. The van der Waals surface area contributed by atoms with Gasteiger partial charge in [0.2, 0.25) is 0 Å². The zero-order valence-corrected chi connectivity index (χ0v) is 22.5. The fraction of sp³-hybridized carbons (Fsp3) is 0.806. The Balaban J connectivity index is 1.65. The molecule has 3 aliphatic rings. The van der Waals surface area contributed by atoms with E-state index in [0.29, 0.717) is 30.1 Å². The molecule has 0 aromatic rings. The number of aliphatic hydroxyl groups is 3. The molecule has 0 bridgehead atoms. The number of hydrogen-bond donors (Lipinski definition) is 3. The maximum atomic E-state index is 11.0. The van der Waals surface area contributed by atoms with Gasteiger partial charge in [0.05, 0.1) is 17.8 Å². The minimum atomic E-state index is -0.617. The van der Waals surface area contributed by atoms with Gasteiger partial charge in [-0.1, -0.05) is 77.7 Å². The maximum Gasteiger partial charge on any atom is 0.0811 e. The zero-order chi connectivity index (χ0) is 24.9. The van der Waals surface area contributed by atoms with Gasteiger partial charge in [-0.25, -0.2) is 0 Å². The van der Waals surface area contributed by atoms with E-state index >= 15 is 0 Å². The number of aliphatic hydroxyl groups excluding tert-OH is 2. The van der Waals surface area contributed by atoms with Gasteiger partial charge in [-0.05, 0) is 92.1 Å². The van der Waals surface area contributed by atoms with E-state index in [-0.39, 0.29) is 0 Å². The predicted molar refractivity (Wildman–Crippen MR) is 143 cm³/mol. The molecule has 0 saturated heterocycles. The molecule has 0 aliphatic heterocycles. The number of hydrogen-bond acceptors (Lipinski definition) is 3. The molecule has 0 amide bonds. The molecule has 6 atom stereocenters. The lowest BCUT2D eigenvalue weighted by Crippen LogP contribution is -2.36. The summed E-state index contributed by atoms with van der Waals surface area (Å²) in [5, 5.41) is 31.3. The maximum absolute atomic E-state index is 11.0. The summed E-state index contributed by atoms with van der Waals surface area (Å²) in [4.78, 5) is 0. The van der Waals surface area contributed by atoms with Crippen molar-refractivity contribution in [1.29, 1.82) is 0 Å². The molecule has 3 N–H and O–H groups in total. The van der Waals surface area contributed by atoms with E-state index in [4.69, 9.17) is 0 Å². The average molecular weight is 473 g/mol. The SMILES string of the molecule is C=C1/C(=C\C=C2/CCC[C@]3(C)[C@@H]([C@H](C)CCCC(O)(CCC)CCC)CC[C@@H]23)C[C@H](O)C[C@H]1O. The molecule has 0 unspecified atom stereocenters. The first-order valence-corrected chi connectivity index (χ1v) is 14.3. The van der Waals surface area contributed by atoms with Crippen LogP contribution >= 0.6 is 0 Å². The van der Waals surface area contributed by atoms with Gasteiger partial charge >= 0.3 is 0 Å². The number of rotatable bonds is 10. The van der Waals surface area contributed by atoms with Crippen LogP contribution in [-0.2, 0) is 0 Å². The first-order chi connectivity index (χ1) is 16.1. The van der Waals surface area contributed by atoms with Crippen molar-refractivity contribution in [2.24, 2.45) is 23.2 Å². The minimum Gasteiger partial charge on any atom is -0.393 e. The summed E-state index contributed by atoms with van der Waals surface area (Å²) in [7, 11) is 0. The monoisotopic (exact) mass is 472 g/mol. The van der Waals surface area contributed by atoms with Crippen LogP contribution < -0.4 is 0 Å². The Hall–Kier alpha value is -0.900. The molecule has 3 fully saturated rings. The predicted octanol–water partition coefficient (Wildman–Crippen LogP) is 7.27. The highest BCUT2D eigenvalue weighted by Gasteiger charge is 2.50. The molecule has 34 heavy (non-hydrogen) atoms. The lowest BCUT2D eigenvalue weighted by molar-refractivity contribution is 0.00771. The molecule has 3 nitrogen and oxygen atoms in total. The third-order valence-corrected chi connectivity index (χ3v) is 9.72. The van der Waals surface area contributed by atoms with Crippen LogP contribution in [-0.4, -0.2) is 33.1 Å². The molecule has 0 heterocycles. The number of fused-ring (bicyclic) bond motifs is 1. The van der Waals surface area contributed by atoms with E-state index in [9.17, 15) is 15.3 Å². The van der Waals surface area contributed by atoms with Crippen molar-refractivity contribution in [2.45, 2.75) is 135 Å². The molecule has 0 aromatic carbocycles. The quantitative estimate of drug-likeness (QED) is 0.313. The van der Waals surface area contributed by atoms with Gasteiger partial charge in [0.15, 0.2) is 0 Å². The van der Waals surface area contributed by atoms with Crippen molar-refractivity contribution < 1.29 is 15.3 Å². The second kappa shape index (κ2) is 11.9. The van der Waals surface area contributed by atoms with Crippen LogP contribution in [0.25, 0.3) is 0 Å². The van der Waals surface area contributed by atoms with E-state index in [1.54, 1.807) is 5.57 Å². The van der Waals surface area contributed by atoms with Crippen molar-refractivity contribution in [2.75, 3.05) is 0 Å². The van der Waals surface area contributed by atoms with Gasteiger partial charge in [0, 0.05) is 6.42 Å². The average Bonchev–Trinajstić information content (AvgIpc) is 3.13. The largest absolute Gasteiger partial charge is 0.393 e. The normalized spacial score (nSPS) is 35.7. The second-order valence-corrected chi connectivity index (χ2v) is 12.3. The van der Waals surface area contributed by atoms with Gasteiger partial charge in [-0.3, -0.25) is 0 Å². The Kier molecular flexibility index (Phi) is 9.68. The highest BCUT2D eigenvalue weighted by Crippen LogP contribution is 2.60. The lowest BCUT2D eigenvalue weighted by Gasteiger charge is -2.44. The van der Waals surface area contributed by atoms with Gasteiger partial charge < -0.3 is 15.3 Å². The van der Waals surface area contributed by atoms with E-state index in [1.807, 2.05) is 0 Å². The highest BCUT2D eigenvalue weighted by atomic mass is 16.3. The zero-order valence-electron chi connectivity index (χ0n) is 22.5. The molecule has 3 saturated carbocycles. The third-order valence-electron chi connectivity index (χ3n) is 9.72. The van der Waals surface area contributed by atoms with Gasteiger partial charge in [-0.2, -0.15) is 0 Å². The Morgan fingerprint density at radius 3 is 2.50 bits per heavy atom. The van der Waals surface area contributed by atoms with Crippen LogP contribution in [0.2, 0.25) is 0 Å². The van der Waals surface area contributed by atoms with Crippen molar-refractivity contribution >= 4 is 0 Å². The van der Waals surface area contributed by atoms with Gasteiger partial charge in [-0.15, -0.1) is 0 Å². The fourth-order valence-electron chi connectivity index (χ4n) is 7.94. The summed E-state index contributed by atoms with van der Waals surface area (Å²) in [6.07, 6.45) is 18.0. The smallest absolute Gasteiger partial charge is 0.0811 e. The molecule has 0 aromatic heterocycles. The molecule has 0 spiro atoms. The lowest BCUT2D eigenvalue weighted by atomic mass is 9.60. The molecule has 3 heteroatoms. The molecule has 0 radical (unpaired) electrons. The van der Waals surface area contributed by atoms with Gasteiger partial charge in [0.25, 0.3) is 0 Å². The fourth-order valence-corrected chi connectivity index (χ4v) is 7.94. The van der Waals surface area contributed by atoms with Crippen LogP contribution in [0.3, 0.4) is 0 Å². The van der Waals surface area contributed by atoms with E-state index in [0.717, 1.165) is 55.6 Å². The van der Waals surface area contributed by atoms with Crippen LogP contribution in [0, 0.1) is 23.2 Å². The highest BCUT2D eigenvalue weighted by molar-refractivity contribution is 5.38. The van der Waals surface area contributed by atoms with Crippen LogP contribution in [0.5, 0.6) is 0 Å². The van der Waals surface area contributed by atoms with Crippen molar-refractivity contribution in [3.63, 3.8) is 0 Å².